The Balaban J connectivity index is 1.82. The summed E-state index contributed by atoms with van der Waals surface area (Å²) in [6, 6.07) is 0.658. The second-order valence-corrected chi connectivity index (χ2v) is 6.23. The van der Waals surface area contributed by atoms with Crippen molar-refractivity contribution in [1.29, 1.82) is 0 Å². The van der Waals surface area contributed by atoms with Gasteiger partial charge in [-0.15, -0.1) is 0 Å². The first-order valence-electron chi connectivity index (χ1n) is 7.68. The monoisotopic (exact) mass is 239 g/mol. The van der Waals surface area contributed by atoms with Crippen LogP contribution in [0.3, 0.4) is 0 Å². The molecule has 1 saturated heterocycles. The number of hydrogen-bond donors (Lipinski definition) is 1. The second-order valence-electron chi connectivity index (χ2n) is 6.23. The molecule has 0 bridgehead atoms. The summed E-state index contributed by atoms with van der Waals surface area (Å²) in [5.41, 5.74) is 0. The Kier molecular flexibility index (Phi) is 5.30. The Morgan fingerprint density at radius 3 is 2.47 bits per heavy atom. The van der Waals surface area contributed by atoms with E-state index in [2.05, 4.69) is 4.90 Å². The topological polar surface area (TPSA) is 23.5 Å². The Bertz CT molecular complexity index is 211. The van der Waals surface area contributed by atoms with E-state index in [1.165, 1.54) is 64.5 Å². The number of nitrogens with zero attached hydrogens (tertiary/aromatic N) is 1. The number of aliphatic hydroxyl groups is 1. The molecule has 0 amide bonds. The summed E-state index contributed by atoms with van der Waals surface area (Å²) in [5.74, 6) is 0.943. The Morgan fingerprint density at radius 1 is 1.06 bits per heavy atom. The van der Waals surface area contributed by atoms with Crippen LogP contribution in [0, 0.1) is 5.92 Å². The molecule has 17 heavy (non-hydrogen) atoms. The fourth-order valence-corrected chi connectivity index (χ4v) is 3.66. The molecule has 0 radical (unpaired) electrons. The lowest BCUT2D eigenvalue weighted by atomic mass is 9.87. The van der Waals surface area contributed by atoms with Gasteiger partial charge in [0.2, 0.25) is 0 Å². The third kappa shape index (κ3) is 4.26. The first-order chi connectivity index (χ1) is 8.25. The molecule has 2 fully saturated rings. The maximum atomic E-state index is 9.60. The van der Waals surface area contributed by atoms with Gasteiger partial charge in [0.05, 0.1) is 6.10 Å². The van der Waals surface area contributed by atoms with E-state index in [-0.39, 0.29) is 6.10 Å². The normalized spacial score (nSPS) is 30.4. The molecule has 0 aromatic rings. The van der Waals surface area contributed by atoms with Crippen LogP contribution in [0.15, 0.2) is 0 Å². The Hall–Kier alpha value is -0.0800. The standard InChI is InChI=1S/C15H29NO/c1-13(17)11-15-9-5-6-10-16(15)12-14-7-3-2-4-8-14/h13-15,17H,2-12H2,1H3. The summed E-state index contributed by atoms with van der Waals surface area (Å²) in [6.45, 7) is 4.51. The van der Waals surface area contributed by atoms with Gasteiger partial charge in [0.1, 0.15) is 0 Å². The van der Waals surface area contributed by atoms with Crippen molar-refractivity contribution in [3.8, 4) is 0 Å². The lowest BCUT2D eigenvalue weighted by Gasteiger charge is -2.39. The maximum Gasteiger partial charge on any atom is 0.0527 e. The van der Waals surface area contributed by atoms with E-state index in [0.717, 1.165) is 12.3 Å². The molecule has 0 aromatic heterocycles. The quantitative estimate of drug-likeness (QED) is 0.814. The average molecular weight is 239 g/mol. The first kappa shape index (κ1) is 13.4. The first-order valence-corrected chi connectivity index (χ1v) is 7.68. The molecule has 1 aliphatic carbocycles. The molecule has 1 heterocycles. The van der Waals surface area contributed by atoms with Crippen molar-refractivity contribution in [2.45, 2.75) is 76.9 Å². The minimum absolute atomic E-state index is 0.132. The fraction of sp³-hybridized carbons (Fsp3) is 1.00. The second kappa shape index (κ2) is 6.75. The van der Waals surface area contributed by atoms with Crippen LogP contribution in [0.2, 0.25) is 0 Å². The predicted octanol–water partition coefficient (Wildman–Crippen LogP) is 3.19. The molecule has 1 N–H and O–H groups in total. The van der Waals surface area contributed by atoms with Crippen molar-refractivity contribution in [1.82, 2.24) is 4.90 Å². The molecule has 0 aromatic carbocycles. The van der Waals surface area contributed by atoms with Crippen molar-refractivity contribution >= 4 is 0 Å². The summed E-state index contributed by atoms with van der Waals surface area (Å²) in [6.07, 6.45) is 12.1. The number of rotatable bonds is 4. The van der Waals surface area contributed by atoms with E-state index in [1.807, 2.05) is 6.92 Å². The van der Waals surface area contributed by atoms with E-state index in [1.54, 1.807) is 0 Å². The van der Waals surface area contributed by atoms with Gasteiger partial charge < -0.3 is 10.0 Å². The van der Waals surface area contributed by atoms with Crippen molar-refractivity contribution in [3.05, 3.63) is 0 Å². The van der Waals surface area contributed by atoms with E-state index in [9.17, 15) is 5.11 Å². The van der Waals surface area contributed by atoms with Crippen molar-refractivity contribution in [2.75, 3.05) is 13.1 Å². The van der Waals surface area contributed by atoms with Gasteiger partial charge in [0.15, 0.2) is 0 Å². The van der Waals surface area contributed by atoms with Gasteiger partial charge in [-0.2, -0.15) is 0 Å². The van der Waals surface area contributed by atoms with Gasteiger partial charge in [-0.05, 0) is 51.5 Å². The zero-order valence-corrected chi connectivity index (χ0v) is 11.4. The van der Waals surface area contributed by atoms with E-state index in [0.29, 0.717) is 6.04 Å². The fourth-order valence-electron chi connectivity index (χ4n) is 3.66. The molecule has 2 unspecified atom stereocenters. The number of likely N-dealkylation sites (tertiary alicyclic amines) is 1. The molecule has 100 valence electrons. The highest BCUT2D eigenvalue weighted by atomic mass is 16.3. The molecule has 1 saturated carbocycles. The van der Waals surface area contributed by atoms with Crippen LogP contribution in [-0.2, 0) is 0 Å². The number of aliphatic hydroxyl groups excluding tert-OH is 1. The van der Waals surface area contributed by atoms with E-state index in [4.69, 9.17) is 0 Å². The third-order valence-electron chi connectivity index (χ3n) is 4.58. The molecule has 0 spiro atoms. The highest BCUT2D eigenvalue weighted by molar-refractivity contribution is 4.81. The van der Waals surface area contributed by atoms with Gasteiger partial charge >= 0.3 is 0 Å². The third-order valence-corrected chi connectivity index (χ3v) is 4.58. The molecule has 1 aliphatic heterocycles. The molecule has 2 heteroatoms. The van der Waals surface area contributed by atoms with E-state index < -0.39 is 0 Å². The number of hydrogen-bond acceptors (Lipinski definition) is 2. The molecular formula is C15H29NO. The SMILES string of the molecule is CC(O)CC1CCCCN1CC1CCCCC1. The molecule has 2 atom stereocenters. The molecular weight excluding hydrogens is 210 g/mol. The highest BCUT2D eigenvalue weighted by Gasteiger charge is 2.26. The smallest absolute Gasteiger partial charge is 0.0527 e. The summed E-state index contributed by atoms with van der Waals surface area (Å²) in [7, 11) is 0. The minimum atomic E-state index is -0.132. The van der Waals surface area contributed by atoms with Crippen molar-refractivity contribution in [2.24, 2.45) is 5.92 Å². The van der Waals surface area contributed by atoms with Crippen LogP contribution in [0.25, 0.3) is 0 Å². The Morgan fingerprint density at radius 2 is 1.76 bits per heavy atom. The van der Waals surface area contributed by atoms with Crippen LogP contribution >= 0.6 is 0 Å². The summed E-state index contributed by atoms with van der Waals surface area (Å²) in [4.78, 5) is 2.69. The molecule has 2 aliphatic rings. The average Bonchev–Trinajstić information content (AvgIpc) is 2.32. The van der Waals surface area contributed by atoms with E-state index >= 15 is 0 Å². The van der Waals surface area contributed by atoms with Gasteiger partial charge in [-0.1, -0.05) is 25.7 Å². The summed E-state index contributed by atoms with van der Waals surface area (Å²) < 4.78 is 0. The summed E-state index contributed by atoms with van der Waals surface area (Å²) in [5, 5.41) is 9.60. The van der Waals surface area contributed by atoms with Crippen LogP contribution in [-0.4, -0.2) is 35.2 Å². The van der Waals surface area contributed by atoms with Crippen LogP contribution < -0.4 is 0 Å². The predicted molar refractivity (Wildman–Crippen MR) is 72.1 cm³/mol. The number of piperidine rings is 1. The summed E-state index contributed by atoms with van der Waals surface area (Å²) >= 11 is 0. The zero-order valence-electron chi connectivity index (χ0n) is 11.4. The minimum Gasteiger partial charge on any atom is -0.393 e. The van der Waals surface area contributed by atoms with Crippen molar-refractivity contribution < 1.29 is 5.11 Å². The van der Waals surface area contributed by atoms with Gasteiger partial charge in [-0.25, -0.2) is 0 Å². The van der Waals surface area contributed by atoms with Crippen LogP contribution in [0.1, 0.15) is 64.7 Å². The molecule has 2 rings (SSSR count). The molecule has 2 nitrogen and oxygen atoms in total. The zero-order chi connectivity index (χ0) is 12.1. The van der Waals surface area contributed by atoms with Crippen LogP contribution in [0.4, 0.5) is 0 Å². The van der Waals surface area contributed by atoms with Gasteiger partial charge in [0.25, 0.3) is 0 Å². The lowest BCUT2D eigenvalue weighted by Crippen LogP contribution is -2.43. The van der Waals surface area contributed by atoms with Gasteiger partial charge in [0, 0.05) is 12.6 Å². The lowest BCUT2D eigenvalue weighted by molar-refractivity contribution is 0.0695. The largest absolute Gasteiger partial charge is 0.393 e. The van der Waals surface area contributed by atoms with Crippen LogP contribution in [0.5, 0.6) is 0 Å². The Labute approximate surface area is 106 Å². The van der Waals surface area contributed by atoms with Gasteiger partial charge in [-0.3, -0.25) is 0 Å². The highest BCUT2D eigenvalue weighted by Crippen LogP contribution is 2.28. The van der Waals surface area contributed by atoms with Crippen molar-refractivity contribution in [3.63, 3.8) is 0 Å². The maximum absolute atomic E-state index is 9.60.